The van der Waals surface area contributed by atoms with Crippen LogP contribution in [0.25, 0.3) is 11.3 Å². The maximum atomic E-state index is 14.3. The number of hydrogen-bond acceptors (Lipinski definition) is 6. The summed E-state index contributed by atoms with van der Waals surface area (Å²) in [5, 5.41) is 9.82. The van der Waals surface area contributed by atoms with E-state index in [0.29, 0.717) is 12.8 Å². The molecule has 3 aliphatic heterocycles. The molecule has 3 fully saturated rings. The molecule has 13 heteroatoms. The number of amides is 2. The van der Waals surface area contributed by atoms with Crippen molar-refractivity contribution in [1.29, 1.82) is 0 Å². The van der Waals surface area contributed by atoms with Gasteiger partial charge in [0.2, 0.25) is 11.8 Å². The summed E-state index contributed by atoms with van der Waals surface area (Å²) in [5.41, 5.74) is 0.627. The fourth-order valence-electron chi connectivity index (χ4n) is 6.36. The largest absolute Gasteiger partial charge is 0.481 e. The summed E-state index contributed by atoms with van der Waals surface area (Å²) in [6, 6.07) is 0.831. The summed E-state index contributed by atoms with van der Waals surface area (Å²) < 4.78 is 59.3. The zero-order valence-corrected chi connectivity index (χ0v) is 21.8. The number of carbonyl (C=O) groups excluding carboxylic acids is 2. The first-order valence-electron chi connectivity index (χ1n) is 13.3. The second kappa shape index (κ2) is 10.7. The first-order chi connectivity index (χ1) is 18.6. The maximum absolute atomic E-state index is 14.3. The van der Waals surface area contributed by atoms with Gasteiger partial charge < -0.3 is 15.0 Å². The van der Waals surface area contributed by atoms with Crippen LogP contribution in [0.15, 0.2) is 18.3 Å². The number of likely N-dealkylation sites (N-methyl/N-ethyl adjacent to an activating group) is 1. The van der Waals surface area contributed by atoms with E-state index in [0.717, 1.165) is 19.0 Å². The lowest BCUT2D eigenvalue weighted by atomic mass is 9.88. The van der Waals surface area contributed by atoms with E-state index in [9.17, 15) is 27.2 Å². The zero-order chi connectivity index (χ0) is 27.9. The van der Waals surface area contributed by atoms with Crippen molar-refractivity contribution in [3.8, 4) is 17.1 Å². The van der Waals surface area contributed by atoms with E-state index in [1.807, 2.05) is 0 Å². The molecule has 2 aromatic rings. The lowest BCUT2D eigenvalue weighted by Gasteiger charge is -2.41. The predicted molar refractivity (Wildman–Crippen MR) is 132 cm³/mol. The number of alkyl halides is 3. The first kappa shape index (κ1) is 27.4. The monoisotopic (exact) mass is 552 g/mol. The smallest absolute Gasteiger partial charge is 0.404 e. The van der Waals surface area contributed by atoms with Crippen molar-refractivity contribution in [2.75, 3.05) is 20.2 Å². The van der Waals surface area contributed by atoms with Gasteiger partial charge >= 0.3 is 6.18 Å². The standard InChI is InChI=1S/C26H32F4N6O3/c1-3-35-13-15(4-7-22(35)26(28,29)30)32-24(37)14-8-16-5-6-17(9-14)36(16)25(38)21-11-20(33-34-21)18-10-23(39-2)31-12-19(18)27/h10-12,14-17,22H,3-9,13H2,1-2H3,(H,32,37)(H,33,34)/t14?,15-,16?,17?,22+/m1/s1. The van der Waals surface area contributed by atoms with Gasteiger partial charge in [0.1, 0.15) is 11.7 Å². The molecule has 2 N–H and O–H groups in total. The number of likely N-dealkylation sites (tertiary alicyclic amines) is 1. The van der Waals surface area contributed by atoms with Crippen LogP contribution in [-0.4, -0.2) is 87.3 Å². The van der Waals surface area contributed by atoms with Crippen LogP contribution in [0.3, 0.4) is 0 Å². The highest BCUT2D eigenvalue weighted by Crippen LogP contribution is 2.40. The number of fused-ring (bicyclic) bond motifs is 2. The Morgan fingerprint density at radius 3 is 2.51 bits per heavy atom. The fraction of sp³-hybridized carbons (Fsp3) is 0.615. The van der Waals surface area contributed by atoms with Gasteiger partial charge in [-0.15, -0.1) is 0 Å². The summed E-state index contributed by atoms with van der Waals surface area (Å²) >= 11 is 0. The van der Waals surface area contributed by atoms with Gasteiger partial charge in [0.15, 0.2) is 5.82 Å². The summed E-state index contributed by atoms with van der Waals surface area (Å²) in [6.07, 6.45) is -0.511. The molecule has 9 nitrogen and oxygen atoms in total. The number of ether oxygens (including phenoxy) is 1. The molecule has 0 aromatic carbocycles. The minimum Gasteiger partial charge on any atom is -0.481 e. The third-order valence-corrected chi connectivity index (χ3v) is 8.28. The van der Waals surface area contributed by atoms with Crippen LogP contribution in [-0.2, 0) is 4.79 Å². The number of hydrogen-bond donors (Lipinski definition) is 2. The summed E-state index contributed by atoms with van der Waals surface area (Å²) in [4.78, 5) is 33.5. The Bertz CT molecular complexity index is 1210. The number of nitrogens with zero attached hydrogens (tertiary/aromatic N) is 4. The number of rotatable bonds is 6. The molecule has 5 rings (SSSR count). The third kappa shape index (κ3) is 5.45. The van der Waals surface area contributed by atoms with Crippen molar-refractivity contribution >= 4 is 11.8 Å². The van der Waals surface area contributed by atoms with Gasteiger partial charge in [-0.3, -0.25) is 19.6 Å². The Labute approximate surface area is 223 Å². The molecule has 212 valence electrons. The van der Waals surface area contributed by atoms with Crippen LogP contribution in [0.4, 0.5) is 17.6 Å². The average molecular weight is 553 g/mol. The molecule has 5 heterocycles. The van der Waals surface area contributed by atoms with E-state index in [2.05, 4.69) is 20.5 Å². The second-order valence-corrected chi connectivity index (χ2v) is 10.6. The quantitative estimate of drug-likeness (QED) is 0.532. The first-order valence-corrected chi connectivity index (χ1v) is 13.3. The lowest BCUT2D eigenvalue weighted by molar-refractivity contribution is -0.192. The van der Waals surface area contributed by atoms with Gasteiger partial charge in [-0.2, -0.15) is 18.3 Å². The molecule has 39 heavy (non-hydrogen) atoms. The lowest BCUT2D eigenvalue weighted by Crippen LogP contribution is -2.57. The molecule has 2 bridgehead atoms. The van der Waals surface area contributed by atoms with Crippen molar-refractivity contribution in [3.63, 3.8) is 0 Å². The number of piperidine rings is 2. The Morgan fingerprint density at radius 1 is 1.15 bits per heavy atom. The second-order valence-electron chi connectivity index (χ2n) is 10.6. The SMILES string of the molecule is CCN1C[C@H](NC(=O)C2CC3CCC(C2)N3C(=O)c2cc(-c3cc(OC)ncc3F)n[nH]2)CC[C@H]1C(F)(F)F. The number of carbonyl (C=O) groups is 2. The summed E-state index contributed by atoms with van der Waals surface area (Å²) in [7, 11) is 1.42. The van der Waals surface area contributed by atoms with Crippen LogP contribution in [0, 0.1) is 11.7 Å². The Hall–Kier alpha value is -3.22. The van der Waals surface area contributed by atoms with E-state index >= 15 is 0 Å². The molecule has 0 spiro atoms. The fourth-order valence-corrected chi connectivity index (χ4v) is 6.36. The van der Waals surface area contributed by atoms with E-state index in [-0.39, 0.29) is 84.6 Å². The third-order valence-electron chi connectivity index (χ3n) is 8.28. The highest BCUT2D eigenvalue weighted by atomic mass is 19.4. The highest BCUT2D eigenvalue weighted by molar-refractivity contribution is 5.94. The number of pyridine rings is 1. The number of aromatic nitrogens is 3. The maximum Gasteiger partial charge on any atom is 0.404 e. The van der Waals surface area contributed by atoms with Crippen LogP contribution < -0.4 is 10.1 Å². The normalized spacial score (nSPS) is 27.4. The number of nitrogens with one attached hydrogen (secondary N) is 2. The molecule has 4 atom stereocenters. The van der Waals surface area contributed by atoms with Crippen LogP contribution in [0.2, 0.25) is 0 Å². The van der Waals surface area contributed by atoms with E-state index in [4.69, 9.17) is 4.74 Å². The molecule has 0 aliphatic carbocycles. The summed E-state index contributed by atoms with van der Waals surface area (Å²) in [5.74, 6) is -1.10. The van der Waals surface area contributed by atoms with E-state index < -0.39 is 18.0 Å². The molecular formula is C26H32F4N6O3. The number of H-pyrrole nitrogens is 1. The van der Waals surface area contributed by atoms with Crippen LogP contribution in [0.1, 0.15) is 55.9 Å². The predicted octanol–water partition coefficient (Wildman–Crippen LogP) is 3.53. The van der Waals surface area contributed by atoms with Gasteiger partial charge in [0, 0.05) is 42.2 Å². The van der Waals surface area contributed by atoms with Gasteiger partial charge in [0.05, 0.1) is 19.0 Å². The van der Waals surface area contributed by atoms with Crippen LogP contribution in [0.5, 0.6) is 5.88 Å². The Kier molecular flexibility index (Phi) is 7.53. The molecule has 3 aliphatic rings. The zero-order valence-electron chi connectivity index (χ0n) is 21.8. The van der Waals surface area contributed by atoms with Crippen molar-refractivity contribution in [1.82, 2.24) is 30.3 Å². The molecule has 2 unspecified atom stereocenters. The summed E-state index contributed by atoms with van der Waals surface area (Å²) in [6.45, 7) is 2.13. The van der Waals surface area contributed by atoms with Gasteiger partial charge in [-0.25, -0.2) is 9.37 Å². The molecule has 3 saturated heterocycles. The van der Waals surface area contributed by atoms with Gasteiger partial charge in [-0.1, -0.05) is 6.92 Å². The van der Waals surface area contributed by atoms with E-state index in [1.165, 1.54) is 24.1 Å². The average Bonchev–Trinajstić information content (AvgIpc) is 3.50. The number of aromatic amines is 1. The van der Waals surface area contributed by atoms with Crippen LogP contribution >= 0.6 is 0 Å². The van der Waals surface area contributed by atoms with Crippen molar-refractivity contribution < 1.29 is 31.9 Å². The van der Waals surface area contributed by atoms with Gasteiger partial charge in [0.25, 0.3) is 5.91 Å². The Balaban J connectivity index is 1.21. The van der Waals surface area contributed by atoms with Gasteiger partial charge in [-0.05, 0) is 51.1 Å². The molecule has 2 aromatic heterocycles. The molecule has 2 amide bonds. The minimum atomic E-state index is -4.28. The molecule has 0 radical (unpaired) electrons. The van der Waals surface area contributed by atoms with Crippen molar-refractivity contribution in [2.45, 2.75) is 75.8 Å². The highest BCUT2D eigenvalue weighted by Gasteiger charge is 2.48. The van der Waals surface area contributed by atoms with Crippen molar-refractivity contribution in [2.24, 2.45) is 5.92 Å². The molecule has 0 saturated carbocycles. The molecular weight excluding hydrogens is 520 g/mol. The minimum absolute atomic E-state index is 0.0389. The Morgan fingerprint density at radius 2 is 1.87 bits per heavy atom. The topological polar surface area (TPSA) is 103 Å². The number of methoxy groups -OCH3 is 1. The van der Waals surface area contributed by atoms with Crippen molar-refractivity contribution in [3.05, 3.63) is 29.8 Å². The number of halogens is 4. The van der Waals surface area contributed by atoms with E-state index in [1.54, 1.807) is 11.8 Å².